The van der Waals surface area contributed by atoms with Crippen LogP contribution < -0.4 is 0 Å². The second-order valence-electron chi connectivity index (χ2n) is 4.85. The van der Waals surface area contributed by atoms with Crippen LogP contribution in [0.1, 0.15) is 37.8 Å². The number of aromatic nitrogens is 2. The van der Waals surface area contributed by atoms with Crippen molar-refractivity contribution in [1.29, 1.82) is 0 Å². The van der Waals surface area contributed by atoms with E-state index in [9.17, 15) is 9.90 Å². The van der Waals surface area contributed by atoms with E-state index in [2.05, 4.69) is 12.0 Å². The minimum Gasteiger partial charge on any atom is -0.481 e. The molecule has 0 amide bonds. The van der Waals surface area contributed by atoms with Crippen LogP contribution in [0.3, 0.4) is 0 Å². The molecule has 0 aromatic carbocycles. The Kier molecular flexibility index (Phi) is 2.99. The second kappa shape index (κ2) is 4.28. The molecule has 0 spiro atoms. The molecule has 4 nitrogen and oxygen atoms in total. The van der Waals surface area contributed by atoms with Crippen molar-refractivity contribution >= 4 is 5.97 Å². The molecule has 1 heterocycles. The summed E-state index contributed by atoms with van der Waals surface area (Å²) in [5.74, 6) is -0.186. The fourth-order valence-electron chi connectivity index (χ4n) is 2.75. The molecule has 0 bridgehead atoms. The van der Waals surface area contributed by atoms with Gasteiger partial charge in [-0.05, 0) is 31.2 Å². The van der Waals surface area contributed by atoms with Crippen LogP contribution in [0.15, 0.2) is 12.3 Å². The summed E-state index contributed by atoms with van der Waals surface area (Å²) in [5.41, 5.74) is 1.05. The summed E-state index contributed by atoms with van der Waals surface area (Å²) >= 11 is 0. The Labute approximate surface area is 95.3 Å². The lowest BCUT2D eigenvalue weighted by atomic mass is 9.73. The Bertz CT molecular complexity index is 386. The first kappa shape index (κ1) is 11.2. The van der Waals surface area contributed by atoms with E-state index < -0.39 is 5.97 Å². The van der Waals surface area contributed by atoms with Crippen LogP contribution in [0.2, 0.25) is 0 Å². The van der Waals surface area contributed by atoms with Gasteiger partial charge in [0.2, 0.25) is 0 Å². The van der Waals surface area contributed by atoms with Gasteiger partial charge in [0.25, 0.3) is 0 Å². The zero-order chi connectivity index (χ0) is 11.7. The van der Waals surface area contributed by atoms with Crippen molar-refractivity contribution in [3.8, 4) is 0 Å². The molecule has 16 heavy (non-hydrogen) atoms. The minimum atomic E-state index is -0.668. The van der Waals surface area contributed by atoms with Gasteiger partial charge in [-0.2, -0.15) is 5.10 Å². The molecule has 0 aliphatic heterocycles. The van der Waals surface area contributed by atoms with E-state index in [4.69, 9.17) is 0 Å². The molecule has 3 atom stereocenters. The van der Waals surface area contributed by atoms with Gasteiger partial charge in [0, 0.05) is 24.9 Å². The predicted octanol–water partition coefficient (Wildman–Crippen LogP) is 2.02. The number of rotatable bonds is 2. The summed E-state index contributed by atoms with van der Waals surface area (Å²) < 4.78 is 1.80. The second-order valence-corrected chi connectivity index (χ2v) is 4.85. The van der Waals surface area contributed by atoms with Crippen LogP contribution in [-0.4, -0.2) is 20.9 Å². The van der Waals surface area contributed by atoms with E-state index >= 15 is 0 Å². The summed E-state index contributed by atoms with van der Waals surface area (Å²) in [6.07, 6.45) is 4.50. The SMILES string of the molecule is CC1CCC(C(=O)O)C(c2ccnn2C)C1. The Morgan fingerprint density at radius 3 is 2.88 bits per heavy atom. The highest BCUT2D eigenvalue weighted by molar-refractivity contribution is 5.71. The summed E-state index contributed by atoms with van der Waals surface area (Å²) in [6.45, 7) is 2.20. The van der Waals surface area contributed by atoms with Crippen LogP contribution in [0.5, 0.6) is 0 Å². The fraction of sp³-hybridized carbons (Fsp3) is 0.667. The number of carboxylic acid groups (broad SMARTS) is 1. The van der Waals surface area contributed by atoms with Gasteiger partial charge >= 0.3 is 5.97 Å². The van der Waals surface area contributed by atoms with Crippen molar-refractivity contribution < 1.29 is 9.90 Å². The van der Waals surface area contributed by atoms with Crippen molar-refractivity contribution in [3.63, 3.8) is 0 Å². The highest BCUT2D eigenvalue weighted by atomic mass is 16.4. The molecule has 1 saturated carbocycles. The number of aryl methyl sites for hydroxylation is 1. The maximum atomic E-state index is 11.2. The third kappa shape index (κ3) is 1.96. The van der Waals surface area contributed by atoms with Gasteiger partial charge in [-0.3, -0.25) is 9.48 Å². The van der Waals surface area contributed by atoms with Crippen molar-refractivity contribution in [2.75, 3.05) is 0 Å². The van der Waals surface area contributed by atoms with E-state index in [1.54, 1.807) is 10.9 Å². The lowest BCUT2D eigenvalue weighted by molar-refractivity contribution is -0.143. The van der Waals surface area contributed by atoms with Gasteiger partial charge < -0.3 is 5.11 Å². The van der Waals surface area contributed by atoms with Crippen molar-refractivity contribution in [2.45, 2.75) is 32.1 Å². The summed E-state index contributed by atoms with van der Waals surface area (Å²) in [6, 6.07) is 1.94. The normalized spacial score (nSPS) is 30.2. The fourth-order valence-corrected chi connectivity index (χ4v) is 2.75. The highest BCUT2D eigenvalue weighted by Gasteiger charge is 2.35. The zero-order valence-electron chi connectivity index (χ0n) is 9.76. The zero-order valence-corrected chi connectivity index (χ0v) is 9.76. The van der Waals surface area contributed by atoms with Gasteiger partial charge in [0.05, 0.1) is 5.92 Å². The molecule has 1 fully saturated rings. The molecular formula is C12H18N2O2. The van der Waals surface area contributed by atoms with Crippen LogP contribution in [0, 0.1) is 11.8 Å². The van der Waals surface area contributed by atoms with Crippen LogP contribution >= 0.6 is 0 Å². The lowest BCUT2D eigenvalue weighted by Crippen LogP contribution is -2.29. The highest BCUT2D eigenvalue weighted by Crippen LogP contribution is 2.40. The van der Waals surface area contributed by atoms with Crippen LogP contribution in [-0.2, 0) is 11.8 Å². The number of hydrogen-bond donors (Lipinski definition) is 1. The monoisotopic (exact) mass is 222 g/mol. The maximum absolute atomic E-state index is 11.2. The largest absolute Gasteiger partial charge is 0.481 e. The lowest BCUT2D eigenvalue weighted by Gasteiger charge is -2.32. The number of nitrogens with zero attached hydrogens (tertiary/aromatic N) is 2. The van der Waals surface area contributed by atoms with Gasteiger partial charge in [-0.1, -0.05) is 6.92 Å². The number of hydrogen-bond acceptors (Lipinski definition) is 2. The minimum absolute atomic E-state index is 0.119. The van der Waals surface area contributed by atoms with E-state index in [0.717, 1.165) is 25.0 Å². The quantitative estimate of drug-likeness (QED) is 0.833. The van der Waals surface area contributed by atoms with Crippen molar-refractivity contribution in [2.24, 2.45) is 18.9 Å². The predicted molar refractivity (Wildman–Crippen MR) is 60.1 cm³/mol. The molecule has 1 aromatic rings. The molecule has 88 valence electrons. The number of aliphatic carboxylic acids is 1. The number of carbonyl (C=O) groups is 1. The Hall–Kier alpha value is -1.32. The van der Waals surface area contributed by atoms with Crippen molar-refractivity contribution in [3.05, 3.63) is 18.0 Å². The first-order valence-corrected chi connectivity index (χ1v) is 5.80. The molecule has 3 unspecified atom stereocenters. The molecule has 1 aromatic heterocycles. The summed E-state index contributed by atoms with van der Waals surface area (Å²) in [4.78, 5) is 11.2. The first-order chi connectivity index (χ1) is 7.59. The Morgan fingerprint density at radius 2 is 2.31 bits per heavy atom. The van der Waals surface area contributed by atoms with Gasteiger partial charge in [0.1, 0.15) is 0 Å². The molecule has 1 aliphatic carbocycles. The van der Waals surface area contributed by atoms with Gasteiger partial charge in [0.15, 0.2) is 0 Å². The third-order valence-electron chi connectivity index (χ3n) is 3.67. The molecule has 1 aliphatic rings. The maximum Gasteiger partial charge on any atom is 0.307 e. The Morgan fingerprint density at radius 1 is 1.56 bits per heavy atom. The average Bonchev–Trinajstić information content (AvgIpc) is 2.63. The summed E-state index contributed by atoms with van der Waals surface area (Å²) in [5, 5.41) is 13.4. The molecular weight excluding hydrogens is 204 g/mol. The van der Waals surface area contributed by atoms with E-state index in [1.165, 1.54) is 0 Å². The van der Waals surface area contributed by atoms with E-state index in [-0.39, 0.29) is 11.8 Å². The van der Waals surface area contributed by atoms with Gasteiger partial charge in [-0.25, -0.2) is 0 Å². The third-order valence-corrected chi connectivity index (χ3v) is 3.67. The molecule has 2 rings (SSSR count). The molecule has 4 heteroatoms. The van der Waals surface area contributed by atoms with E-state index in [0.29, 0.717) is 5.92 Å². The number of carboxylic acids is 1. The molecule has 0 radical (unpaired) electrons. The smallest absolute Gasteiger partial charge is 0.307 e. The van der Waals surface area contributed by atoms with Crippen LogP contribution in [0.4, 0.5) is 0 Å². The average molecular weight is 222 g/mol. The van der Waals surface area contributed by atoms with Crippen molar-refractivity contribution in [1.82, 2.24) is 9.78 Å². The topological polar surface area (TPSA) is 55.1 Å². The standard InChI is InChI=1S/C12H18N2O2/c1-8-3-4-9(12(15)16)10(7-8)11-5-6-13-14(11)2/h5-6,8-10H,3-4,7H2,1-2H3,(H,15,16). The van der Waals surface area contributed by atoms with E-state index in [1.807, 2.05) is 13.1 Å². The molecule has 1 N–H and O–H groups in total. The first-order valence-electron chi connectivity index (χ1n) is 5.80. The summed E-state index contributed by atoms with van der Waals surface area (Å²) in [7, 11) is 1.88. The Balaban J connectivity index is 2.27. The van der Waals surface area contributed by atoms with Gasteiger partial charge in [-0.15, -0.1) is 0 Å². The van der Waals surface area contributed by atoms with Crippen LogP contribution in [0.25, 0.3) is 0 Å². The molecule has 0 saturated heterocycles.